The van der Waals surface area contributed by atoms with Gasteiger partial charge in [-0.15, -0.1) is 0 Å². The summed E-state index contributed by atoms with van der Waals surface area (Å²) in [7, 11) is 0. The Morgan fingerprint density at radius 2 is 2.14 bits per heavy atom. The number of hydrogen-bond acceptors (Lipinski definition) is 3. The Kier molecular flexibility index (Phi) is 4.16. The van der Waals surface area contributed by atoms with Crippen LogP contribution in [0.25, 0.3) is 5.52 Å². The predicted molar refractivity (Wildman–Crippen MR) is 85.3 cm³/mol. The van der Waals surface area contributed by atoms with Crippen molar-refractivity contribution in [3.8, 4) is 0 Å². The number of aromatic carboxylic acids is 1. The predicted octanol–water partition coefficient (Wildman–Crippen LogP) is 2.70. The van der Waals surface area contributed by atoms with Gasteiger partial charge in [-0.1, -0.05) is 0 Å². The van der Waals surface area contributed by atoms with Crippen molar-refractivity contribution in [1.82, 2.24) is 14.3 Å². The summed E-state index contributed by atoms with van der Waals surface area (Å²) in [5, 5.41) is 9.05. The third kappa shape index (κ3) is 2.99. The summed E-state index contributed by atoms with van der Waals surface area (Å²) < 4.78 is 2.02. The van der Waals surface area contributed by atoms with E-state index in [-0.39, 0.29) is 0 Å². The van der Waals surface area contributed by atoms with Crippen molar-refractivity contribution in [2.45, 2.75) is 39.2 Å². The van der Waals surface area contributed by atoms with Gasteiger partial charge in [0.25, 0.3) is 0 Å². The Bertz CT molecular complexity index is 670. The molecule has 0 radical (unpaired) electrons. The summed E-state index contributed by atoms with van der Waals surface area (Å²) in [5.41, 5.74) is 1.17. The summed E-state index contributed by atoms with van der Waals surface area (Å²) >= 11 is 0. The van der Waals surface area contributed by atoms with E-state index in [9.17, 15) is 4.79 Å². The van der Waals surface area contributed by atoms with Crippen LogP contribution in [0.15, 0.2) is 24.5 Å². The minimum Gasteiger partial charge on any atom is -0.478 e. The fourth-order valence-corrected chi connectivity index (χ4v) is 3.27. The van der Waals surface area contributed by atoms with Crippen LogP contribution in [0.2, 0.25) is 0 Å². The number of aromatic nitrogens is 2. The topological polar surface area (TPSA) is 57.8 Å². The number of hydrogen-bond donors (Lipinski definition) is 1. The molecule has 0 saturated carbocycles. The van der Waals surface area contributed by atoms with Crippen molar-refractivity contribution in [2.24, 2.45) is 5.92 Å². The molecule has 0 aromatic carbocycles. The minimum atomic E-state index is -0.897. The molecule has 5 nitrogen and oxygen atoms in total. The number of carboxylic acids is 1. The van der Waals surface area contributed by atoms with Crippen LogP contribution in [0.3, 0.4) is 0 Å². The van der Waals surface area contributed by atoms with Gasteiger partial charge < -0.3 is 14.4 Å². The lowest BCUT2D eigenvalue weighted by Gasteiger charge is -2.34. The largest absolute Gasteiger partial charge is 0.478 e. The van der Waals surface area contributed by atoms with Crippen LogP contribution < -0.4 is 0 Å². The van der Waals surface area contributed by atoms with Crippen LogP contribution in [0, 0.1) is 5.92 Å². The molecule has 0 bridgehead atoms. The van der Waals surface area contributed by atoms with E-state index in [0.717, 1.165) is 30.9 Å². The maximum Gasteiger partial charge on any atom is 0.335 e. The standard InChI is InChI=1S/C17H23N3O2/c1-12(2)19-6-3-13(4-7-19)9-16-18-11-15-10-14(17(21)22)5-8-20(15)16/h5,8,10-13H,3-4,6-7,9H2,1-2H3,(H,21,22). The molecule has 1 N–H and O–H groups in total. The molecular weight excluding hydrogens is 278 g/mol. The maximum absolute atomic E-state index is 11.0. The van der Waals surface area contributed by atoms with E-state index in [1.807, 2.05) is 10.6 Å². The number of imidazole rings is 1. The molecule has 0 spiro atoms. The Morgan fingerprint density at radius 1 is 1.41 bits per heavy atom. The van der Waals surface area contributed by atoms with Gasteiger partial charge in [-0.05, 0) is 57.8 Å². The number of carboxylic acid groups (broad SMARTS) is 1. The van der Waals surface area contributed by atoms with Crippen LogP contribution in [0.5, 0.6) is 0 Å². The molecule has 0 atom stereocenters. The van der Waals surface area contributed by atoms with Gasteiger partial charge in [0.2, 0.25) is 0 Å². The summed E-state index contributed by atoms with van der Waals surface area (Å²) in [6, 6.07) is 3.95. The van der Waals surface area contributed by atoms with E-state index in [0.29, 0.717) is 17.5 Å². The lowest BCUT2D eigenvalue weighted by Crippen LogP contribution is -2.38. The SMILES string of the molecule is CC(C)N1CCC(Cc2ncc3cc(C(=O)O)ccn23)CC1. The average molecular weight is 301 g/mol. The third-order valence-electron chi connectivity index (χ3n) is 4.71. The van der Waals surface area contributed by atoms with E-state index in [1.165, 1.54) is 12.8 Å². The fraction of sp³-hybridized carbons (Fsp3) is 0.529. The molecule has 1 aliphatic heterocycles. The fourth-order valence-electron chi connectivity index (χ4n) is 3.27. The summed E-state index contributed by atoms with van der Waals surface area (Å²) in [6.45, 7) is 6.83. The lowest BCUT2D eigenvalue weighted by atomic mass is 9.92. The first kappa shape index (κ1) is 15.0. The number of nitrogens with zero attached hydrogens (tertiary/aromatic N) is 3. The molecule has 0 amide bonds. The molecule has 3 rings (SSSR count). The van der Waals surface area contributed by atoms with E-state index >= 15 is 0 Å². The summed E-state index contributed by atoms with van der Waals surface area (Å²) in [5.74, 6) is 0.806. The first-order valence-corrected chi connectivity index (χ1v) is 7.98. The Balaban J connectivity index is 1.71. The van der Waals surface area contributed by atoms with Crippen LogP contribution in [-0.2, 0) is 6.42 Å². The van der Waals surface area contributed by atoms with E-state index < -0.39 is 5.97 Å². The minimum absolute atomic E-state index is 0.309. The van der Waals surface area contributed by atoms with Gasteiger partial charge in [0.15, 0.2) is 0 Å². The second-order valence-electron chi connectivity index (χ2n) is 6.47. The molecule has 5 heteroatoms. The van der Waals surface area contributed by atoms with Gasteiger partial charge in [0.1, 0.15) is 5.82 Å². The quantitative estimate of drug-likeness (QED) is 0.943. The molecule has 3 heterocycles. The highest BCUT2D eigenvalue weighted by Crippen LogP contribution is 2.23. The number of fused-ring (bicyclic) bond motifs is 1. The molecule has 2 aromatic rings. The summed E-state index contributed by atoms with van der Waals surface area (Å²) in [4.78, 5) is 18.0. The molecule has 22 heavy (non-hydrogen) atoms. The molecule has 118 valence electrons. The van der Waals surface area contributed by atoms with Crippen molar-refractivity contribution < 1.29 is 9.90 Å². The van der Waals surface area contributed by atoms with Crippen molar-refractivity contribution in [2.75, 3.05) is 13.1 Å². The van der Waals surface area contributed by atoms with Crippen molar-refractivity contribution >= 4 is 11.5 Å². The maximum atomic E-state index is 11.0. The van der Waals surface area contributed by atoms with Crippen LogP contribution in [0.4, 0.5) is 0 Å². The van der Waals surface area contributed by atoms with Crippen LogP contribution in [0.1, 0.15) is 42.9 Å². The highest BCUT2D eigenvalue weighted by atomic mass is 16.4. The zero-order valence-corrected chi connectivity index (χ0v) is 13.2. The highest BCUT2D eigenvalue weighted by molar-refractivity contribution is 5.88. The number of rotatable bonds is 4. The van der Waals surface area contributed by atoms with Gasteiger partial charge in [-0.2, -0.15) is 0 Å². The van der Waals surface area contributed by atoms with Crippen molar-refractivity contribution in [3.63, 3.8) is 0 Å². The molecule has 2 aromatic heterocycles. The van der Waals surface area contributed by atoms with Crippen LogP contribution in [-0.4, -0.2) is 44.5 Å². The average Bonchev–Trinajstić information content (AvgIpc) is 2.90. The zero-order chi connectivity index (χ0) is 15.7. The molecule has 1 saturated heterocycles. The molecular formula is C17H23N3O2. The van der Waals surface area contributed by atoms with Gasteiger partial charge in [0.05, 0.1) is 17.3 Å². The third-order valence-corrected chi connectivity index (χ3v) is 4.71. The van der Waals surface area contributed by atoms with Gasteiger partial charge in [0, 0.05) is 18.7 Å². The number of piperidine rings is 1. The van der Waals surface area contributed by atoms with Crippen molar-refractivity contribution in [3.05, 3.63) is 35.9 Å². The first-order valence-electron chi connectivity index (χ1n) is 7.98. The molecule has 1 aliphatic rings. The number of likely N-dealkylation sites (tertiary alicyclic amines) is 1. The smallest absolute Gasteiger partial charge is 0.335 e. The monoisotopic (exact) mass is 301 g/mol. The van der Waals surface area contributed by atoms with Gasteiger partial charge in [-0.3, -0.25) is 0 Å². The van der Waals surface area contributed by atoms with E-state index in [4.69, 9.17) is 5.11 Å². The van der Waals surface area contributed by atoms with Crippen LogP contribution >= 0.6 is 0 Å². The summed E-state index contributed by atoms with van der Waals surface area (Å²) in [6.07, 6.45) is 6.97. The number of carbonyl (C=O) groups is 1. The molecule has 0 aliphatic carbocycles. The molecule has 0 unspecified atom stereocenters. The molecule has 1 fully saturated rings. The van der Waals surface area contributed by atoms with Crippen molar-refractivity contribution in [1.29, 1.82) is 0 Å². The number of pyridine rings is 1. The normalized spacial score (nSPS) is 17.4. The first-order chi connectivity index (χ1) is 10.5. The second kappa shape index (κ2) is 6.08. The Morgan fingerprint density at radius 3 is 2.77 bits per heavy atom. The second-order valence-corrected chi connectivity index (χ2v) is 6.47. The Labute approximate surface area is 130 Å². The van der Waals surface area contributed by atoms with E-state index in [2.05, 4.69) is 23.7 Å². The van der Waals surface area contributed by atoms with Gasteiger partial charge in [-0.25, -0.2) is 9.78 Å². The van der Waals surface area contributed by atoms with E-state index in [1.54, 1.807) is 18.3 Å². The zero-order valence-electron chi connectivity index (χ0n) is 13.2. The highest BCUT2D eigenvalue weighted by Gasteiger charge is 2.22. The lowest BCUT2D eigenvalue weighted by molar-refractivity contribution is 0.0697. The Hall–Kier alpha value is -1.88. The van der Waals surface area contributed by atoms with Gasteiger partial charge >= 0.3 is 5.97 Å².